The highest BCUT2D eigenvalue weighted by Gasteiger charge is 2.34. The molecule has 124 valence electrons. The first kappa shape index (κ1) is 18.9. The van der Waals surface area contributed by atoms with Crippen molar-refractivity contribution < 1.29 is 27.3 Å². The molecule has 0 spiro atoms. The van der Waals surface area contributed by atoms with Crippen molar-refractivity contribution in [3.63, 3.8) is 0 Å². The van der Waals surface area contributed by atoms with E-state index >= 15 is 0 Å². The fourth-order valence-electron chi connectivity index (χ4n) is 1.58. The Morgan fingerprint density at radius 1 is 1.30 bits per heavy atom. The van der Waals surface area contributed by atoms with Crippen molar-refractivity contribution in [2.45, 2.75) is 6.42 Å². The van der Waals surface area contributed by atoms with Gasteiger partial charge in [-0.25, -0.2) is 0 Å². The maximum Gasteiger partial charge on any atom is 0.304 e. The van der Waals surface area contributed by atoms with E-state index in [-0.39, 0.29) is 12.1 Å². The van der Waals surface area contributed by atoms with E-state index in [0.717, 1.165) is 7.11 Å². The Labute approximate surface area is 139 Å². The minimum atomic E-state index is -4.59. The number of Topliss-reactive ketones (excluding diaryl/α,β-unsaturated/α-hetero) is 1. The molecule has 1 aromatic rings. The molecular weight excluding hydrogens is 342 g/mol. The fraction of sp³-hybridized carbons (Fsp3) is 0.214. The molecule has 0 aliphatic heterocycles. The Morgan fingerprint density at radius 3 is 2.43 bits per heavy atom. The zero-order chi connectivity index (χ0) is 17.5. The second kappa shape index (κ2) is 8.51. The Balaban J connectivity index is 3.30. The molecule has 1 aromatic carbocycles. The van der Waals surface area contributed by atoms with Crippen molar-refractivity contribution in [3.05, 3.63) is 40.8 Å². The summed E-state index contributed by atoms with van der Waals surface area (Å²) in [6.07, 6.45) is 0.328. The predicted molar refractivity (Wildman–Crippen MR) is 88.2 cm³/mol. The van der Waals surface area contributed by atoms with Crippen molar-refractivity contribution in [2.24, 2.45) is 0 Å². The lowest BCUT2D eigenvalue weighted by Crippen LogP contribution is -2.35. The first-order chi connectivity index (χ1) is 10.8. The van der Waals surface area contributed by atoms with Crippen LogP contribution in [0.25, 0.3) is 5.76 Å². The van der Waals surface area contributed by atoms with Crippen molar-refractivity contribution in [3.8, 4) is 0 Å². The molecule has 0 saturated carbocycles. The number of hydrogen-bond donors (Lipinski definition) is 2. The predicted octanol–water partition coefficient (Wildman–Crippen LogP) is 0.964. The van der Waals surface area contributed by atoms with E-state index in [9.17, 15) is 23.1 Å². The van der Waals surface area contributed by atoms with Gasteiger partial charge >= 0.3 is 10.1 Å². The normalized spacial score (nSPS) is 12.2. The highest BCUT2D eigenvalue weighted by molar-refractivity contribution is 7.92. The first-order valence-electron chi connectivity index (χ1n) is 6.40. The molecule has 0 atom stereocenters. The highest BCUT2D eigenvalue weighted by Crippen LogP contribution is 2.22. The SMILES string of the molecule is COS(=O)(=O)/C(C(=O)C(=O)NCCC=S)=C(/O)c1ccccc1. The molecule has 0 radical (unpaired) electrons. The van der Waals surface area contributed by atoms with Crippen LogP contribution >= 0.6 is 12.2 Å². The van der Waals surface area contributed by atoms with Crippen molar-refractivity contribution >= 4 is 45.2 Å². The number of aliphatic hydroxyl groups excluding tert-OH is 1. The minimum Gasteiger partial charge on any atom is -0.506 e. The maximum atomic E-state index is 12.1. The molecule has 2 N–H and O–H groups in total. The molecule has 1 amide bonds. The number of hydrogen-bond acceptors (Lipinski definition) is 7. The molecule has 0 fully saturated rings. The van der Waals surface area contributed by atoms with Crippen LogP contribution in [0.4, 0.5) is 0 Å². The molecule has 23 heavy (non-hydrogen) atoms. The first-order valence-corrected chi connectivity index (χ1v) is 8.28. The van der Waals surface area contributed by atoms with Crippen molar-refractivity contribution in [2.75, 3.05) is 13.7 Å². The summed E-state index contributed by atoms with van der Waals surface area (Å²) < 4.78 is 28.1. The van der Waals surface area contributed by atoms with Gasteiger partial charge in [0.05, 0.1) is 7.11 Å². The van der Waals surface area contributed by atoms with Gasteiger partial charge in [0, 0.05) is 12.1 Å². The maximum absolute atomic E-state index is 12.1. The summed E-state index contributed by atoms with van der Waals surface area (Å²) in [5, 5.41) is 13.7. The molecule has 0 aliphatic rings. The van der Waals surface area contributed by atoms with E-state index in [1.807, 2.05) is 0 Å². The number of ketones is 1. The molecule has 0 heterocycles. The topological polar surface area (TPSA) is 110 Å². The zero-order valence-electron chi connectivity index (χ0n) is 12.2. The van der Waals surface area contributed by atoms with Crippen LogP contribution in [0.1, 0.15) is 12.0 Å². The third-order valence-electron chi connectivity index (χ3n) is 2.69. The van der Waals surface area contributed by atoms with Crippen LogP contribution in [0.15, 0.2) is 35.2 Å². The summed E-state index contributed by atoms with van der Waals surface area (Å²) >= 11 is 4.58. The van der Waals surface area contributed by atoms with Crippen LogP contribution < -0.4 is 5.32 Å². The van der Waals surface area contributed by atoms with E-state index in [4.69, 9.17) is 0 Å². The Morgan fingerprint density at radius 2 is 1.91 bits per heavy atom. The van der Waals surface area contributed by atoms with Crippen molar-refractivity contribution in [1.29, 1.82) is 0 Å². The molecule has 0 bridgehead atoms. The quantitative estimate of drug-likeness (QED) is 0.178. The summed E-state index contributed by atoms with van der Waals surface area (Å²) in [5.74, 6) is -3.46. The van der Waals surface area contributed by atoms with E-state index in [1.54, 1.807) is 6.07 Å². The third kappa shape index (κ3) is 4.95. The lowest BCUT2D eigenvalue weighted by atomic mass is 10.1. The summed E-state index contributed by atoms with van der Waals surface area (Å²) in [7, 11) is -3.77. The molecule has 9 heteroatoms. The number of amides is 1. The standard InChI is InChI=1S/C14H15NO6S2/c1-21-23(19,20)13(11(16)10-6-3-2-4-7-10)12(17)14(18)15-8-5-9-22/h2-4,6-7,9,16H,5,8H2,1H3,(H,15,18)/b13-11+. The summed E-state index contributed by atoms with van der Waals surface area (Å²) in [6, 6.07) is 7.48. The Kier molecular flexibility index (Phi) is 7.01. The molecular formula is C14H15NO6S2. The molecule has 0 saturated heterocycles. The molecule has 1 rings (SSSR count). The van der Waals surface area contributed by atoms with E-state index < -0.39 is 32.5 Å². The van der Waals surface area contributed by atoms with Gasteiger partial charge in [0.1, 0.15) is 5.76 Å². The Bertz CT molecular complexity index is 725. The van der Waals surface area contributed by atoms with Gasteiger partial charge in [-0.15, -0.1) is 0 Å². The summed E-state index contributed by atoms with van der Waals surface area (Å²) in [4.78, 5) is 22.8. The van der Waals surface area contributed by atoms with Crippen LogP contribution in [0.5, 0.6) is 0 Å². The fourth-order valence-corrected chi connectivity index (χ4v) is 2.54. The zero-order valence-corrected chi connectivity index (χ0v) is 13.8. The van der Waals surface area contributed by atoms with Crippen LogP contribution in [-0.4, -0.2) is 44.2 Å². The summed E-state index contributed by atoms with van der Waals surface area (Å²) in [5.41, 5.74) is 0.0585. The second-order valence-electron chi connectivity index (χ2n) is 4.20. The molecule has 7 nitrogen and oxygen atoms in total. The number of carbonyl (C=O) groups excluding carboxylic acids is 2. The van der Waals surface area contributed by atoms with Crippen LogP contribution in [0.2, 0.25) is 0 Å². The third-order valence-corrected chi connectivity index (χ3v) is 4.25. The molecule has 0 unspecified atom stereocenters. The van der Waals surface area contributed by atoms with Crippen molar-refractivity contribution in [1.82, 2.24) is 5.32 Å². The van der Waals surface area contributed by atoms with Crippen LogP contribution in [0.3, 0.4) is 0 Å². The number of thiocarbonyl (C=S) groups is 1. The van der Waals surface area contributed by atoms with Gasteiger partial charge in [-0.1, -0.05) is 42.5 Å². The molecule has 0 aliphatic carbocycles. The largest absolute Gasteiger partial charge is 0.506 e. The average molecular weight is 357 g/mol. The second-order valence-corrected chi connectivity index (χ2v) is 6.19. The van der Waals surface area contributed by atoms with Gasteiger partial charge in [0.25, 0.3) is 11.7 Å². The van der Waals surface area contributed by atoms with Gasteiger partial charge in [-0.05, 0) is 11.8 Å². The number of nitrogens with one attached hydrogen (secondary N) is 1. The average Bonchev–Trinajstić information content (AvgIpc) is 2.55. The number of carbonyl (C=O) groups is 2. The minimum absolute atomic E-state index is 0.0585. The Hall–Kier alpha value is -2.10. The van der Waals surface area contributed by atoms with Gasteiger partial charge in [-0.3, -0.25) is 13.8 Å². The number of aliphatic hydroxyl groups is 1. The van der Waals surface area contributed by atoms with Crippen LogP contribution in [0, 0.1) is 0 Å². The monoisotopic (exact) mass is 357 g/mol. The van der Waals surface area contributed by atoms with Gasteiger partial charge in [0.15, 0.2) is 4.91 Å². The number of benzene rings is 1. The lowest BCUT2D eigenvalue weighted by molar-refractivity contribution is -0.135. The van der Waals surface area contributed by atoms with E-state index in [2.05, 4.69) is 21.7 Å². The highest BCUT2D eigenvalue weighted by atomic mass is 32.2. The van der Waals surface area contributed by atoms with E-state index in [1.165, 1.54) is 29.6 Å². The van der Waals surface area contributed by atoms with Crippen LogP contribution in [-0.2, 0) is 23.9 Å². The number of rotatable bonds is 8. The van der Waals surface area contributed by atoms with E-state index in [0.29, 0.717) is 6.42 Å². The van der Waals surface area contributed by atoms with Gasteiger partial charge < -0.3 is 10.4 Å². The van der Waals surface area contributed by atoms with Gasteiger partial charge in [-0.2, -0.15) is 8.42 Å². The smallest absolute Gasteiger partial charge is 0.304 e. The summed E-state index contributed by atoms with van der Waals surface area (Å²) in [6.45, 7) is 0.0699. The van der Waals surface area contributed by atoms with Gasteiger partial charge in [0.2, 0.25) is 0 Å². The molecule has 0 aromatic heterocycles. The lowest BCUT2D eigenvalue weighted by Gasteiger charge is -2.10.